The van der Waals surface area contributed by atoms with Gasteiger partial charge in [0.25, 0.3) is 0 Å². The van der Waals surface area contributed by atoms with Gasteiger partial charge in [0.05, 0.1) is 0 Å². The number of rotatable bonds is 3. The summed E-state index contributed by atoms with van der Waals surface area (Å²) in [4.78, 5) is 15.4. The van der Waals surface area contributed by atoms with Crippen LogP contribution in [0.4, 0.5) is 23.8 Å². The summed E-state index contributed by atoms with van der Waals surface area (Å²) >= 11 is 0. The molecule has 7 nitrogen and oxygen atoms in total. The fourth-order valence-corrected chi connectivity index (χ4v) is 2.70. The Balaban J connectivity index is 1.52. The van der Waals surface area contributed by atoms with E-state index in [0.29, 0.717) is 37.6 Å². The lowest BCUT2D eigenvalue weighted by Crippen LogP contribution is -2.36. The van der Waals surface area contributed by atoms with Gasteiger partial charge in [0.2, 0.25) is 0 Å². The van der Waals surface area contributed by atoms with Crippen LogP contribution in [0.25, 0.3) is 0 Å². The van der Waals surface area contributed by atoms with E-state index in [4.69, 9.17) is 0 Å². The quantitative estimate of drug-likeness (QED) is 0.896. The van der Waals surface area contributed by atoms with Gasteiger partial charge in [0, 0.05) is 45.0 Å². The SMILES string of the molecule is Cn1ccc(NC(=O)NCC2CCc3nc(C(F)(F)F)cn3C2)n1. The van der Waals surface area contributed by atoms with E-state index in [1.54, 1.807) is 24.0 Å². The van der Waals surface area contributed by atoms with E-state index in [9.17, 15) is 18.0 Å². The van der Waals surface area contributed by atoms with Gasteiger partial charge in [0.15, 0.2) is 11.5 Å². The molecule has 0 aliphatic carbocycles. The van der Waals surface area contributed by atoms with Crippen LogP contribution in [-0.4, -0.2) is 31.9 Å². The molecular formula is C14H17F3N6O. The van der Waals surface area contributed by atoms with Gasteiger partial charge in [-0.25, -0.2) is 9.78 Å². The van der Waals surface area contributed by atoms with E-state index in [0.717, 1.165) is 6.20 Å². The maximum absolute atomic E-state index is 12.7. The number of aryl methyl sites for hydroxylation is 2. The number of hydrogen-bond donors (Lipinski definition) is 2. The molecule has 10 heteroatoms. The third-order valence-electron chi connectivity index (χ3n) is 3.89. The minimum Gasteiger partial charge on any atom is -0.337 e. The molecule has 0 bridgehead atoms. The molecule has 2 amide bonds. The summed E-state index contributed by atoms with van der Waals surface area (Å²) in [5.74, 6) is 0.934. The summed E-state index contributed by atoms with van der Waals surface area (Å²) in [6.45, 7) is 0.778. The lowest BCUT2D eigenvalue weighted by Gasteiger charge is -2.23. The van der Waals surface area contributed by atoms with Gasteiger partial charge in [0.1, 0.15) is 5.82 Å². The van der Waals surface area contributed by atoms with Gasteiger partial charge in [-0.05, 0) is 12.3 Å². The average Bonchev–Trinajstić information content (AvgIpc) is 3.10. The average molecular weight is 342 g/mol. The summed E-state index contributed by atoms with van der Waals surface area (Å²) in [5.41, 5.74) is -0.862. The molecule has 2 aromatic heterocycles. The normalized spacial score (nSPS) is 17.4. The molecule has 0 radical (unpaired) electrons. The predicted molar refractivity (Wildman–Crippen MR) is 79.3 cm³/mol. The summed E-state index contributed by atoms with van der Waals surface area (Å²) in [6.07, 6.45) is -0.547. The minimum absolute atomic E-state index is 0.0577. The van der Waals surface area contributed by atoms with Crippen LogP contribution in [0, 0.1) is 5.92 Å². The van der Waals surface area contributed by atoms with Crippen molar-refractivity contribution in [3.8, 4) is 0 Å². The standard InChI is InChI=1S/C14H17F3N6O/c1-22-5-4-11(21-22)20-13(24)18-6-9-2-3-12-19-10(14(15,16)17)8-23(12)7-9/h4-5,8-9H,2-3,6-7H2,1H3,(H2,18,20,21,24). The van der Waals surface area contributed by atoms with Crippen LogP contribution >= 0.6 is 0 Å². The minimum atomic E-state index is -4.43. The number of urea groups is 1. The van der Waals surface area contributed by atoms with Crippen molar-refractivity contribution in [2.24, 2.45) is 13.0 Å². The number of nitrogens with zero attached hydrogens (tertiary/aromatic N) is 4. The van der Waals surface area contributed by atoms with Crippen molar-refractivity contribution in [2.75, 3.05) is 11.9 Å². The number of carbonyl (C=O) groups excluding carboxylic acids is 1. The highest BCUT2D eigenvalue weighted by Crippen LogP contribution is 2.30. The van der Waals surface area contributed by atoms with Gasteiger partial charge in [-0.15, -0.1) is 0 Å². The number of fused-ring (bicyclic) bond motifs is 1. The summed E-state index contributed by atoms with van der Waals surface area (Å²) in [7, 11) is 1.74. The highest BCUT2D eigenvalue weighted by molar-refractivity contribution is 5.88. The Kier molecular flexibility index (Phi) is 4.20. The maximum atomic E-state index is 12.7. The van der Waals surface area contributed by atoms with Crippen molar-refractivity contribution < 1.29 is 18.0 Å². The lowest BCUT2D eigenvalue weighted by molar-refractivity contribution is -0.141. The van der Waals surface area contributed by atoms with Crippen molar-refractivity contribution in [2.45, 2.75) is 25.6 Å². The zero-order valence-corrected chi connectivity index (χ0v) is 13.0. The van der Waals surface area contributed by atoms with E-state index in [1.807, 2.05) is 0 Å². The molecule has 130 valence electrons. The molecule has 0 spiro atoms. The smallest absolute Gasteiger partial charge is 0.337 e. The molecule has 1 aliphatic rings. The number of carbonyl (C=O) groups is 1. The number of anilines is 1. The van der Waals surface area contributed by atoms with Gasteiger partial charge < -0.3 is 9.88 Å². The van der Waals surface area contributed by atoms with Crippen LogP contribution in [0.5, 0.6) is 0 Å². The van der Waals surface area contributed by atoms with Gasteiger partial charge >= 0.3 is 12.2 Å². The molecule has 3 rings (SSSR count). The van der Waals surface area contributed by atoms with E-state index in [2.05, 4.69) is 20.7 Å². The second kappa shape index (κ2) is 6.17. The monoisotopic (exact) mass is 342 g/mol. The Hall–Kier alpha value is -2.52. The van der Waals surface area contributed by atoms with Gasteiger partial charge in [-0.3, -0.25) is 10.00 Å². The van der Waals surface area contributed by atoms with Crippen LogP contribution in [0.1, 0.15) is 17.9 Å². The predicted octanol–water partition coefficient (Wildman–Crippen LogP) is 2.02. The second-order valence-corrected chi connectivity index (χ2v) is 5.81. The van der Waals surface area contributed by atoms with E-state index in [1.165, 1.54) is 4.57 Å². The number of aromatic nitrogens is 4. The molecule has 0 saturated carbocycles. The second-order valence-electron chi connectivity index (χ2n) is 5.81. The fraction of sp³-hybridized carbons (Fsp3) is 0.500. The molecule has 1 atom stereocenters. The molecule has 1 aliphatic heterocycles. The largest absolute Gasteiger partial charge is 0.434 e. The van der Waals surface area contributed by atoms with Crippen LogP contribution in [0.2, 0.25) is 0 Å². The zero-order chi connectivity index (χ0) is 17.3. The number of halogens is 3. The fourth-order valence-electron chi connectivity index (χ4n) is 2.70. The maximum Gasteiger partial charge on any atom is 0.434 e. The van der Waals surface area contributed by atoms with Gasteiger partial charge in [-0.1, -0.05) is 0 Å². The third kappa shape index (κ3) is 3.69. The Morgan fingerprint density at radius 2 is 2.25 bits per heavy atom. The molecular weight excluding hydrogens is 325 g/mol. The first-order chi connectivity index (χ1) is 11.3. The molecule has 2 N–H and O–H groups in total. The number of amides is 2. The van der Waals surface area contributed by atoms with E-state index < -0.39 is 11.9 Å². The Bertz CT molecular complexity index is 735. The van der Waals surface area contributed by atoms with Crippen molar-refractivity contribution >= 4 is 11.8 Å². The molecule has 24 heavy (non-hydrogen) atoms. The molecule has 0 aromatic carbocycles. The van der Waals surface area contributed by atoms with Crippen molar-refractivity contribution in [1.82, 2.24) is 24.6 Å². The van der Waals surface area contributed by atoms with Crippen LogP contribution in [0.3, 0.4) is 0 Å². The summed E-state index contributed by atoms with van der Waals surface area (Å²) < 4.78 is 41.1. The first kappa shape index (κ1) is 16.3. The lowest BCUT2D eigenvalue weighted by atomic mass is 9.99. The van der Waals surface area contributed by atoms with Crippen molar-refractivity contribution in [3.05, 3.63) is 30.0 Å². The summed E-state index contributed by atoms with van der Waals surface area (Å²) in [6, 6.07) is 1.28. The molecule has 0 saturated heterocycles. The first-order valence-electron chi connectivity index (χ1n) is 7.49. The third-order valence-corrected chi connectivity index (χ3v) is 3.89. The number of nitrogens with one attached hydrogen (secondary N) is 2. The molecule has 2 aromatic rings. The van der Waals surface area contributed by atoms with Crippen LogP contribution in [0.15, 0.2) is 18.5 Å². The number of alkyl halides is 3. The topological polar surface area (TPSA) is 76.8 Å². The van der Waals surface area contributed by atoms with Gasteiger partial charge in [-0.2, -0.15) is 18.3 Å². The Labute approximate surface area is 135 Å². The van der Waals surface area contributed by atoms with Crippen molar-refractivity contribution in [1.29, 1.82) is 0 Å². The van der Waals surface area contributed by atoms with E-state index >= 15 is 0 Å². The summed E-state index contributed by atoms with van der Waals surface area (Å²) in [5, 5.41) is 9.35. The Morgan fingerprint density at radius 3 is 2.92 bits per heavy atom. The van der Waals surface area contributed by atoms with Crippen molar-refractivity contribution in [3.63, 3.8) is 0 Å². The van der Waals surface area contributed by atoms with Crippen LogP contribution < -0.4 is 10.6 Å². The highest BCUT2D eigenvalue weighted by Gasteiger charge is 2.35. The van der Waals surface area contributed by atoms with E-state index in [-0.39, 0.29) is 11.9 Å². The number of imidazole rings is 1. The molecule has 3 heterocycles. The van der Waals surface area contributed by atoms with Crippen LogP contribution in [-0.2, 0) is 26.2 Å². The first-order valence-corrected chi connectivity index (χ1v) is 7.49. The molecule has 0 fully saturated rings. The Morgan fingerprint density at radius 1 is 1.46 bits per heavy atom. The number of hydrogen-bond acceptors (Lipinski definition) is 3. The highest BCUT2D eigenvalue weighted by atomic mass is 19.4. The molecule has 1 unspecified atom stereocenters. The zero-order valence-electron chi connectivity index (χ0n) is 13.0.